The quantitative estimate of drug-likeness (QED) is 0.779. The number of rotatable bonds is 5. The van der Waals surface area contributed by atoms with E-state index in [0.717, 1.165) is 5.57 Å². The Balaban J connectivity index is 2.85. The van der Waals surface area contributed by atoms with Gasteiger partial charge in [0.25, 0.3) is 0 Å². The Morgan fingerprint density at radius 1 is 1.62 bits per heavy atom. The van der Waals surface area contributed by atoms with E-state index in [1.165, 1.54) is 12.1 Å². The van der Waals surface area contributed by atoms with Crippen molar-refractivity contribution >= 4 is 11.6 Å². The maximum atomic E-state index is 13.6. The Hall–Kier alpha value is -0.900. The van der Waals surface area contributed by atoms with Gasteiger partial charge in [-0.3, -0.25) is 0 Å². The van der Waals surface area contributed by atoms with E-state index in [9.17, 15) is 4.39 Å². The lowest BCUT2D eigenvalue weighted by molar-refractivity contribution is 0.523. The van der Waals surface area contributed by atoms with Crippen LogP contribution in [0.3, 0.4) is 0 Å². The molecule has 0 aliphatic rings. The largest absolute Gasteiger partial charge is 0.329 e. The van der Waals surface area contributed by atoms with Crippen LogP contribution < -0.4 is 11.1 Å². The molecule has 0 fully saturated rings. The summed E-state index contributed by atoms with van der Waals surface area (Å²) in [5.41, 5.74) is 7.08. The molecule has 0 aromatic heterocycles. The van der Waals surface area contributed by atoms with E-state index in [2.05, 4.69) is 11.9 Å². The Bertz CT molecular complexity index is 379. The monoisotopic (exact) mass is 242 g/mol. The van der Waals surface area contributed by atoms with E-state index in [1.54, 1.807) is 6.07 Å². The number of benzene rings is 1. The number of hydrogen-bond donors (Lipinski definition) is 2. The lowest BCUT2D eigenvalue weighted by atomic mass is 10.1. The van der Waals surface area contributed by atoms with Crippen molar-refractivity contribution in [3.63, 3.8) is 0 Å². The van der Waals surface area contributed by atoms with Gasteiger partial charge in [0, 0.05) is 29.7 Å². The Kier molecular flexibility index (Phi) is 4.93. The summed E-state index contributed by atoms with van der Waals surface area (Å²) in [7, 11) is 0. The fraction of sp³-hybridized carbons (Fsp3) is 0.333. The van der Waals surface area contributed by atoms with Crippen LogP contribution >= 0.6 is 11.6 Å². The van der Waals surface area contributed by atoms with Crippen molar-refractivity contribution in [1.82, 2.24) is 5.32 Å². The highest BCUT2D eigenvalue weighted by atomic mass is 35.5. The van der Waals surface area contributed by atoms with E-state index in [0.29, 0.717) is 23.7 Å². The average Bonchev–Trinajstić information content (AvgIpc) is 2.23. The zero-order valence-corrected chi connectivity index (χ0v) is 10.0. The Morgan fingerprint density at radius 3 is 2.88 bits per heavy atom. The van der Waals surface area contributed by atoms with Crippen LogP contribution in [0.2, 0.25) is 5.02 Å². The smallest absolute Gasteiger partial charge is 0.128 e. The topological polar surface area (TPSA) is 38.0 Å². The summed E-state index contributed by atoms with van der Waals surface area (Å²) in [5, 5.41) is 3.64. The average molecular weight is 243 g/mol. The Morgan fingerprint density at radius 2 is 2.31 bits per heavy atom. The fourth-order valence-electron chi connectivity index (χ4n) is 1.40. The molecule has 88 valence electrons. The van der Waals surface area contributed by atoms with Crippen molar-refractivity contribution in [2.45, 2.75) is 13.0 Å². The molecule has 0 aliphatic heterocycles. The van der Waals surface area contributed by atoms with Crippen molar-refractivity contribution in [3.05, 3.63) is 46.8 Å². The second-order valence-corrected chi connectivity index (χ2v) is 4.23. The van der Waals surface area contributed by atoms with Crippen molar-refractivity contribution in [2.24, 2.45) is 5.73 Å². The molecule has 0 amide bonds. The summed E-state index contributed by atoms with van der Waals surface area (Å²) in [5.74, 6) is -0.297. The molecule has 0 aliphatic carbocycles. The van der Waals surface area contributed by atoms with E-state index < -0.39 is 0 Å². The minimum Gasteiger partial charge on any atom is -0.329 e. The second kappa shape index (κ2) is 5.99. The van der Waals surface area contributed by atoms with Crippen LogP contribution in [0.4, 0.5) is 4.39 Å². The number of nitrogens with two attached hydrogens (primary N) is 1. The first-order chi connectivity index (χ1) is 7.54. The van der Waals surface area contributed by atoms with Crippen LogP contribution in [0.1, 0.15) is 18.5 Å². The SMILES string of the molecule is C=C(C)CNC(CN)c1cc(Cl)ccc1F. The van der Waals surface area contributed by atoms with Crippen LogP contribution in [0, 0.1) is 5.82 Å². The molecule has 0 heterocycles. The molecule has 4 heteroatoms. The first kappa shape index (κ1) is 13.2. The van der Waals surface area contributed by atoms with Gasteiger partial charge >= 0.3 is 0 Å². The molecule has 0 bridgehead atoms. The third-order valence-corrected chi connectivity index (χ3v) is 2.45. The highest BCUT2D eigenvalue weighted by molar-refractivity contribution is 6.30. The van der Waals surface area contributed by atoms with E-state index in [-0.39, 0.29) is 11.9 Å². The molecular weight excluding hydrogens is 227 g/mol. The van der Waals surface area contributed by atoms with Crippen LogP contribution in [0.25, 0.3) is 0 Å². The second-order valence-electron chi connectivity index (χ2n) is 3.79. The summed E-state index contributed by atoms with van der Waals surface area (Å²) in [6, 6.07) is 4.23. The molecule has 16 heavy (non-hydrogen) atoms. The first-order valence-corrected chi connectivity index (χ1v) is 5.45. The van der Waals surface area contributed by atoms with Gasteiger partial charge in [-0.25, -0.2) is 4.39 Å². The van der Waals surface area contributed by atoms with Gasteiger partial charge in [0.2, 0.25) is 0 Å². The lowest BCUT2D eigenvalue weighted by Crippen LogP contribution is -2.30. The van der Waals surface area contributed by atoms with Gasteiger partial charge in [-0.2, -0.15) is 0 Å². The van der Waals surface area contributed by atoms with Gasteiger partial charge in [-0.15, -0.1) is 0 Å². The van der Waals surface area contributed by atoms with Gasteiger partial charge in [0.1, 0.15) is 5.82 Å². The number of hydrogen-bond acceptors (Lipinski definition) is 2. The predicted octanol–water partition coefficient (Wildman–Crippen LogP) is 2.64. The maximum Gasteiger partial charge on any atom is 0.128 e. The minimum absolute atomic E-state index is 0.240. The molecule has 2 nitrogen and oxygen atoms in total. The summed E-state index contributed by atoms with van der Waals surface area (Å²) < 4.78 is 13.6. The summed E-state index contributed by atoms with van der Waals surface area (Å²) in [6.45, 7) is 6.58. The molecule has 1 unspecified atom stereocenters. The molecular formula is C12H16ClFN2. The summed E-state index contributed by atoms with van der Waals surface area (Å²) >= 11 is 5.83. The molecule has 1 atom stereocenters. The first-order valence-electron chi connectivity index (χ1n) is 5.07. The maximum absolute atomic E-state index is 13.6. The fourth-order valence-corrected chi connectivity index (χ4v) is 1.58. The van der Waals surface area contributed by atoms with E-state index >= 15 is 0 Å². The molecule has 0 spiro atoms. The zero-order valence-electron chi connectivity index (χ0n) is 9.26. The highest BCUT2D eigenvalue weighted by Gasteiger charge is 2.13. The van der Waals surface area contributed by atoms with Crippen LogP contribution in [0.5, 0.6) is 0 Å². The van der Waals surface area contributed by atoms with Crippen LogP contribution in [0.15, 0.2) is 30.4 Å². The van der Waals surface area contributed by atoms with Gasteiger partial charge in [-0.05, 0) is 25.1 Å². The van der Waals surface area contributed by atoms with Crippen molar-refractivity contribution < 1.29 is 4.39 Å². The number of nitrogens with one attached hydrogen (secondary N) is 1. The molecule has 0 radical (unpaired) electrons. The van der Waals surface area contributed by atoms with Gasteiger partial charge in [-0.1, -0.05) is 23.8 Å². The van der Waals surface area contributed by atoms with Gasteiger partial charge in [0.15, 0.2) is 0 Å². The Labute approximate surface area is 100 Å². The van der Waals surface area contributed by atoms with Crippen LogP contribution in [-0.2, 0) is 0 Å². The minimum atomic E-state index is -0.297. The normalized spacial score (nSPS) is 12.5. The zero-order chi connectivity index (χ0) is 12.1. The third kappa shape index (κ3) is 3.59. The molecule has 1 aromatic carbocycles. The molecule has 1 rings (SSSR count). The number of halogens is 2. The van der Waals surface area contributed by atoms with Gasteiger partial charge < -0.3 is 11.1 Å². The molecule has 0 saturated carbocycles. The van der Waals surface area contributed by atoms with Crippen LogP contribution in [-0.4, -0.2) is 13.1 Å². The highest BCUT2D eigenvalue weighted by Crippen LogP contribution is 2.20. The predicted molar refractivity (Wildman–Crippen MR) is 66.0 cm³/mol. The standard InChI is InChI=1S/C12H16ClFN2/c1-8(2)7-16-12(6-15)10-5-9(13)3-4-11(10)14/h3-5,12,16H,1,6-7,15H2,2H3. The van der Waals surface area contributed by atoms with Crippen molar-refractivity contribution in [3.8, 4) is 0 Å². The lowest BCUT2D eigenvalue weighted by Gasteiger charge is -2.18. The van der Waals surface area contributed by atoms with E-state index in [1.807, 2.05) is 6.92 Å². The summed E-state index contributed by atoms with van der Waals surface area (Å²) in [6.07, 6.45) is 0. The summed E-state index contributed by atoms with van der Waals surface area (Å²) in [4.78, 5) is 0. The molecule has 0 saturated heterocycles. The van der Waals surface area contributed by atoms with E-state index in [4.69, 9.17) is 17.3 Å². The molecule has 1 aromatic rings. The third-order valence-electron chi connectivity index (χ3n) is 2.22. The molecule has 3 N–H and O–H groups in total. The van der Waals surface area contributed by atoms with Crippen molar-refractivity contribution in [1.29, 1.82) is 0 Å². The van der Waals surface area contributed by atoms with Gasteiger partial charge in [0.05, 0.1) is 0 Å². The van der Waals surface area contributed by atoms with Crippen molar-refractivity contribution in [2.75, 3.05) is 13.1 Å².